The summed E-state index contributed by atoms with van der Waals surface area (Å²) in [6, 6.07) is 10.7. The summed E-state index contributed by atoms with van der Waals surface area (Å²) in [5.41, 5.74) is 2.51. The molecule has 0 spiro atoms. The van der Waals surface area contributed by atoms with Gasteiger partial charge in [-0.15, -0.1) is 0 Å². The minimum Gasteiger partial charge on any atom is -0.497 e. The molecule has 3 amide bonds. The predicted molar refractivity (Wildman–Crippen MR) is 150 cm³/mol. The van der Waals surface area contributed by atoms with Crippen molar-refractivity contribution in [2.75, 3.05) is 12.4 Å². The van der Waals surface area contributed by atoms with E-state index >= 15 is 0 Å². The smallest absolute Gasteiger partial charge is 0.408 e. The van der Waals surface area contributed by atoms with E-state index in [1.165, 1.54) is 0 Å². The molecule has 0 saturated carbocycles. The lowest BCUT2D eigenvalue weighted by Gasteiger charge is -2.38. The van der Waals surface area contributed by atoms with E-state index in [0.717, 1.165) is 11.1 Å². The normalized spacial score (nSPS) is 13.1. The van der Waals surface area contributed by atoms with Crippen LogP contribution in [0.15, 0.2) is 42.5 Å². The predicted octanol–water partition coefficient (Wildman–Crippen LogP) is 5.78. The zero-order valence-corrected chi connectivity index (χ0v) is 24.3. The van der Waals surface area contributed by atoms with Gasteiger partial charge in [0.25, 0.3) is 5.91 Å². The summed E-state index contributed by atoms with van der Waals surface area (Å²) in [4.78, 5) is 42.2. The highest BCUT2D eigenvalue weighted by molar-refractivity contribution is 5.99. The highest BCUT2D eigenvalue weighted by atomic mass is 16.6. The Hall–Kier alpha value is -3.55. The molecule has 2 atom stereocenters. The Morgan fingerprint density at radius 3 is 1.89 bits per heavy atom. The first-order valence-electron chi connectivity index (χ1n) is 13.0. The quantitative estimate of drug-likeness (QED) is 0.433. The van der Waals surface area contributed by atoms with E-state index in [9.17, 15) is 14.4 Å². The Bertz CT molecular complexity index is 1100. The van der Waals surface area contributed by atoms with Gasteiger partial charge in [0.1, 0.15) is 23.4 Å². The van der Waals surface area contributed by atoms with Crippen LogP contribution >= 0.6 is 0 Å². The monoisotopic (exact) mass is 525 g/mol. The van der Waals surface area contributed by atoms with Crippen molar-refractivity contribution in [3.8, 4) is 5.75 Å². The third-order valence-corrected chi connectivity index (χ3v) is 5.86. The molecular weight excluding hydrogens is 482 g/mol. The summed E-state index contributed by atoms with van der Waals surface area (Å²) in [7, 11) is 1.58. The van der Waals surface area contributed by atoms with Crippen molar-refractivity contribution in [2.45, 2.75) is 86.0 Å². The molecule has 38 heavy (non-hydrogen) atoms. The average Bonchev–Trinajstić information content (AvgIpc) is 2.78. The molecule has 8 nitrogen and oxygen atoms in total. The van der Waals surface area contributed by atoms with Crippen LogP contribution in [-0.4, -0.2) is 47.6 Å². The van der Waals surface area contributed by atoms with Gasteiger partial charge in [0.05, 0.1) is 7.11 Å². The SMILES string of the molecule is COc1ccc(NC(=O)C(c2cc(C)cc(C)c2)N(C(=O)C(NC(=O)OC(C)(C)C)C(C)C)C(C)C)cc1. The van der Waals surface area contributed by atoms with Crippen LogP contribution in [0.1, 0.15) is 71.2 Å². The summed E-state index contributed by atoms with van der Waals surface area (Å²) >= 11 is 0. The molecular formula is C30H43N3O5. The Balaban J connectivity index is 2.54. The van der Waals surface area contributed by atoms with Gasteiger partial charge in [-0.2, -0.15) is 0 Å². The number of hydrogen-bond donors (Lipinski definition) is 2. The Morgan fingerprint density at radius 2 is 1.45 bits per heavy atom. The molecule has 0 radical (unpaired) electrons. The largest absolute Gasteiger partial charge is 0.497 e. The molecule has 2 aromatic carbocycles. The van der Waals surface area contributed by atoms with Crippen LogP contribution in [0.3, 0.4) is 0 Å². The van der Waals surface area contributed by atoms with Gasteiger partial charge >= 0.3 is 6.09 Å². The van der Waals surface area contributed by atoms with E-state index in [1.54, 1.807) is 57.0 Å². The topological polar surface area (TPSA) is 97.0 Å². The number of benzene rings is 2. The van der Waals surface area contributed by atoms with Gasteiger partial charge in [0.15, 0.2) is 0 Å². The maximum absolute atomic E-state index is 14.1. The van der Waals surface area contributed by atoms with Gasteiger partial charge in [-0.25, -0.2) is 4.79 Å². The summed E-state index contributed by atoms with van der Waals surface area (Å²) < 4.78 is 10.6. The summed E-state index contributed by atoms with van der Waals surface area (Å²) in [5.74, 6) is -0.307. The molecule has 2 rings (SSSR count). The Morgan fingerprint density at radius 1 is 0.895 bits per heavy atom. The molecule has 0 heterocycles. The average molecular weight is 526 g/mol. The lowest BCUT2D eigenvalue weighted by atomic mass is 9.95. The molecule has 2 unspecified atom stereocenters. The minimum atomic E-state index is -0.940. The van der Waals surface area contributed by atoms with Crippen LogP contribution < -0.4 is 15.4 Å². The lowest BCUT2D eigenvalue weighted by Crippen LogP contribution is -2.56. The first-order valence-corrected chi connectivity index (χ1v) is 13.0. The molecule has 0 fully saturated rings. The van der Waals surface area contributed by atoms with Crippen molar-refractivity contribution in [1.82, 2.24) is 10.2 Å². The number of rotatable bonds is 9. The number of nitrogens with zero attached hydrogens (tertiary/aromatic N) is 1. The van der Waals surface area contributed by atoms with E-state index in [2.05, 4.69) is 10.6 Å². The highest BCUT2D eigenvalue weighted by Gasteiger charge is 2.39. The molecule has 0 bridgehead atoms. The van der Waals surface area contributed by atoms with Crippen molar-refractivity contribution < 1.29 is 23.9 Å². The number of carbonyl (C=O) groups excluding carboxylic acids is 3. The maximum atomic E-state index is 14.1. The fraction of sp³-hybridized carbons (Fsp3) is 0.500. The molecule has 208 valence electrons. The van der Waals surface area contributed by atoms with Crippen LogP contribution in [0.4, 0.5) is 10.5 Å². The first-order chi connectivity index (χ1) is 17.6. The van der Waals surface area contributed by atoms with Crippen molar-refractivity contribution in [2.24, 2.45) is 5.92 Å². The van der Waals surface area contributed by atoms with E-state index in [0.29, 0.717) is 17.0 Å². The highest BCUT2D eigenvalue weighted by Crippen LogP contribution is 2.29. The molecule has 2 N–H and O–H groups in total. The van der Waals surface area contributed by atoms with E-state index in [4.69, 9.17) is 9.47 Å². The van der Waals surface area contributed by atoms with E-state index in [-0.39, 0.29) is 23.8 Å². The van der Waals surface area contributed by atoms with Gasteiger partial charge in [-0.1, -0.05) is 43.2 Å². The molecule has 0 aliphatic rings. The van der Waals surface area contributed by atoms with Gasteiger partial charge in [-0.05, 0) is 84.2 Å². The Kier molecular flexibility index (Phi) is 10.3. The fourth-order valence-electron chi connectivity index (χ4n) is 4.28. The van der Waals surface area contributed by atoms with E-state index in [1.807, 2.05) is 59.7 Å². The second-order valence-electron chi connectivity index (χ2n) is 11.2. The van der Waals surface area contributed by atoms with Crippen molar-refractivity contribution in [3.63, 3.8) is 0 Å². The van der Waals surface area contributed by atoms with Crippen molar-refractivity contribution in [3.05, 3.63) is 59.2 Å². The summed E-state index contributed by atoms with van der Waals surface area (Å²) in [6.07, 6.45) is -0.682. The van der Waals surface area contributed by atoms with Crippen LogP contribution in [0.2, 0.25) is 0 Å². The number of nitrogens with one attached hydrogen (secondary N) is 2. The first kappa shape index (κ1) is 30.7. The molecule has 0 aliphatic heterocycles. The second-order valence-corrected chi connectivity index (χ2v) is 11.2. The number of carbonyl (C=O) groups is 3. The standard InChI is InChI=1S/C30H43N3O5/c1-18(2)25(32-29(36)38-30(7,8)9)28(35)33(19(3)4)26(22-16-20(5)15-21(6)17-22)27(34)31-23-11-13-24(37-10)14-12-23/h11-19,25-26H,1-10H3,(H,31,34)(H,32,36). The number of methoxy groups -OCH3 is 1. The Labute approximate surface area is 227 Å². The minimum absolute atomic E-state index is 0.249. The van der Waals surface area contributed by atoms with Crippen LogP contribution in [-0.2, 0) is 14.3 Å². The second kappa shape index (κ2) is 12.8. The maximum Gasteiger partial charge on any atom is 0.408 e. The number of aryl methyl sites for hydroxylation is 2. The summed E-state index contributed by atoms with van der Waals surface area (Å²) in [6.45, 7) is 16.6. The van der Waals surface area contributed by atoms with Gasteiger partial charge in [-0.3, -0.25) is 9.59 Å². The van der Waals surface area contributed by atoms with E-state index < -0.39 is 23.8 Å². The third-order valence-electron chi connectivity index (χ3n) is 5.86. The zero-order chi connectivity index (χ0) is 28.8. The van der Waals surface area contributed by atoms with Gasteiger partial charge in [0, 0.05) is 11.7 Å². The molecule has 2 aromatic rings. The molecule has 0 saturated heterocycles. The zero-order valence-electron chi connectivity index (χ0n) is 24.3. The number of alkyl carbamates (subject to hydrolysis) is 1. The van der Waals surface area contributed by atoms with Crippen molar-refractivity contribution in [1.29, 1.82) is 0 Å². The van der Waals surface area contributed by atoms with Gasteiger partial charge in [0.2, 0.25) is 5.91 Å². The third kappa shape index (κ3) is 8.50. The lowest BCUT2D eigenvalue weighted by molar-refractivity contribution is -0.143. The number of ether oxygens (including phenoxy) is 2. The van der Waals surface area contributed by atoms with Crippen LogP contribution in [0, 0.1) is 19.8 Å². The van der Waals surface area contributed by atoms with Crippen molar-refractivity contribution >= 4 is 23.6 Å². The molecule has 0 aromatic heterocycles. The van der Waals surface area contributed by atoms with Crippen LogP contribution in [0.25, 0.3) is 0 Å². The molecule has 8 heteroatoms. The van der Waals surface area contributed by atoms with Crippen LogP contribution in [0.5, 0.6) is 5.75 Å². The van der Waals surface area contributed by atoms with Gasteiger partial charge < -0.3 is 25.0 Å². The summed E-state index contributed by atoms with van der Waals surface area (Å²) in [5, 5.41) is 5.70. The molecule has 0 aliphatic carbocycles. The number of anilines is 1. The number of amides is 3. The fourth-order valence-corrected chi connectivity index (χ4v) is 4.28. The number of hydrogen-bond acceptors (Lipinski definition) is 5.